The minimum Gasteiger partial charge on any atom is -0.464 e. The average molecular weight is 251 g/mol. The van der Waals surface area contributed by atoms with Gasteiger partial charge in [0.2, 0.25) is 5.15 Å². The van der Waals surface area contributed by atoms with Crippen LogP contribution >= 0.6 is 23.2 Å². The lowest BCUT2D eigenvalue weighted by atomic mass is 10.3. The number of hydrogen-bond acceptors (Lipinski definition) is 5. The Morgan fingerprint density at radius 3 is 2.60 bits per heavy atom. The first-order valence-corrected chi connectivity index (χ1v) is 4.31. The fourth-order valence-corrected chi connectivity index (χ4v) is 1.42. The molecule has 0 saturated carbocycles. The monoisotopic (exact) mass is 250 g/mol. The van der Waals surface area contributed by atoms with E-state index in [1.807, 2.05) is 0 Å². The van der Waals surface area contributed by atoms with Crippen molar-refractivity contribution in [3.05, 3.63) is 32.1 Å². The third-order valence-electron chi connectivity index (χ3n) is 1.48. The fourth-order valence-electron chi connectivity index (χ4n) is 0.850. The van der Waals surface area contributed by atoms with Crippen molar-refractivity contribution in [3.8, 4) is 0 Å². The number of methoxy groups -OCH3 is 1. The number of pyridine rings is 1. The van der Waals surface area contributed by atoms with E-state index in [1.165, 1.54) is 0 Å². The molecule has 0 bridgehead atoms. The molecule has 8 heteroatoms. The lowest BCUT2D eigenvalue weighted by Gasteiger charge is -2.01. The van der Waals surface area contributed by atoms with Crippen molar-refractivity contribution in [1.29, 1.82) is 0 Å². The number of esters is 1. The molecule has 0 amide bonds. The average Bonchev–Trinajstić information content (AvgIpc) is 2.14. The summed E-state index contributed by atoms with van der Waals surface area (Å²) in [6, 6.07) is 1.03. The first-order valence-electron chi connectivity index (χ1n) is 3.56. The van der Waals surface area contributed by atoms with Gasteiger partial charge in [-0.15, -0.1) is 0 Å². The minimum absolute atomic E-state index is 0.182. The van der Waals surface area contributed by atoms with Crippen molar-refractivity contribution in [2.24, 2.45) is 0 Å². The molecule has 1 aromatic heterocycles. The summed E-state index contributed by atoms with van der Waals surface area (Å²) < 4.78 is 4.36. The number of ether oxygens (including phenoxy) is 1. The van der Waals surface area contributed by atoms with E-state index in [-0.39, 0.29) is 10.7 Å². The molecule has 0 radical (unpaired) electrons. The number of halogens is 2. The van der Waals surface area contributed by atoms with Gasteiger partial charge in [0.05, 0.1) is 12.0 Å². The molecule has 0 aromatic carbocycles. The van der Waals surface area contributed by atoms with Crippen molar-refractivity contribution in [1.82, 2.24) is 4.98 Å². The van der Waals surface area contributed by atoms with Crippen LogP contribution in [0.1, 0.15) is 10.5 Å². The molecule has 6 nitrogen and oxygen atoms in total. The Kier molecular flexibility index (Phi) is 3.43. The predicted molar refractivity (Wildman–Crippen MR) is 52.3 cm³/mol. The second-order valence-corrected chi connectivity index (χ2v) is 3.14. The number of hydrogen-bond donors (Lipinski definition) is 0. The summed E-state index contributed by atoms with van der Waals surface area (Å²) in [6.07, 6.45) is 0. The summed E-state index contributed by atoms with van der Waals surface area (Å²) in [4.78, 5) is 24.2. The second-order valence-electron chi connectivity index (χ2n) is 2.38. The van der Waals surface area contributed by atoms with Gasteiger partial charge in [0.1, 0.15) is 5.02 Å². The topological polar surface area (TPSA) is 82.3 Å². The highest BCUT2D eigenvalue weighted by Crippen LogP contribution is 2.31. The Balaban J connectivity index is 3.31. The lowest BCUT2D eigenvalue weighted by Crippen LogP contribution is -2.05. The predicted octanol–water partition coefficient (Wildman–Crippen LogP) is 2.08. The molecule has 0 saturated heterocycles. The molecule has 0 aliphatic carbocycles. The van der Waals surface area contributed by atoms with Gasteiger partial charge in [-0.2, -0.15) is 0 Å². The minimum atomic E-state index is -0.779. The summed E-state index contributed by atoms with van der Waals surface area (Å²) in [5.74, 6) is -0.770. The van der Waals surface area contributed by atoms with Crippen LogP contribution in [0.4, 0.5) is 5.69 Å². The van der Waals surface area contributed by atoms with Crippen LogP contribution in [-0.4, -0.2) is 23.0 Å². The van der Waals surface area contributed by atoms with Gasteiger partial charge in [-0.3, -0.25) is 10.1 Å². The van der Waals surface area contributed by atoms with E-state index in [9.17, 15) is 14.9 Å². The Bertz CT molecular complexity index is 412. The molecule has 0 atom stereocenters. The quantitative estimate of drug-likeness (QED) is 0.347. The first kappa shape index (κ1) is 11.7. The maximum atomic E-state index is 11.0. The van der Waals surface area contributed by atoms with Crippen LogP contribution in [0.2, 0.25) is 10.2 Å². The molecular weight excluding hydrogens is 247 g/mol. The number of carbonyl (C=O) groups excluding carboxylic acids is 1. The molecule has 15 heavy (non-hydrogen) atoms. The number of aromatic nitrogens is 1. The molecule has 1 heterocycles. The van der Waals surface area contributed by atoms with Gasteiger partial charge in [-0.25, -0.2) is 9.78 Å². The van der Waals surface area contributed by atoms with Crippen molar-refractivity contribution < 1.29 is 14.5 Å². The third-order valence-corrected chi connectivity index (χ3v) is 2.03. The lowest BCUT2D eigenvalue weighted by molar-refractivity contribution is -0.384. The van der Waals surface area contributed by atoms with E-state index in [4.69, 9.17) is 23.2 Å². The van der Waals surface area contributed by atoms with E-state index >= 15 is 0 Å². The van der Waals surface area contributed by atoms with Crippen molar-refractivity contribution in [3.63, 3.8) is 0 Å². The molecule has 0 N–H and O–H groups in total. The molecule has 80 valence electrons. The van der Waals surface area contributed by atoms with Crippen LogP contribution in [-0.2, 0) is 4.74 Å². The number of nitrogens with zero attached hydrogens (tertiary/aromatic N) is 2. The normalized spacial score (nSPS) is 9.80. The molecular formula is C7H4Cl2N2O4. The summed E-state index contributed by atoms with van der Waals surface area (Å²) in [7, 11) is 1.15. The van der Waals surface area contributed by atoms with Gasteiger partial charge in [-0.05, 0) is 6.07 Å². The Labute approximate surface area is 93.9 Å². The maximum absolute atomic E-state index is 11.0. The first-order chi connectivity index (χ1) is 6.97. The summed E-state index contributed by atoms with van der Waals surface area (Å²) in [5, 5.41) is 9.76. The molecule has 1 rings (SSSR count). The number of nitro groups is 1. The number of rotatable bonds is 2. The van der Waals surface area contributed by atoms with Gasteiger partial charge in [0.15, 0.2) is 5.69 Å². The molecule has 0 aliphatic rings. The van der Waals surface area contributed by atoms with Gasteiger partial charge in [0.25, 0.3) is 0 Å². The molecule has 0 fully saturated rings. The molecule has 1 aromatic rings. The highest BCUT2D eigenvalue weighted by Gasteiger charge is 2.22. The van der Waals surface area contributed by atoms with Crippen LogP contribution in [0, 0.1) is 10.1 Å². The van der Waals surface area contributed by atoms with Crippen LogP contribution in [0.15, 0.2) is 6.07 Å². The molecule has 0 spiro atoms. The van der Waals surface area contributed by atoms with Crippen molar-refractivity contribution >= 4 is 34.9 Å². The fraction of sp³-hybridized carbons (Fsp3) is 0.143. The Morgan fingerprint density at radius 1 is 1.60 bits per heavy atom. The second kappa shape index (κ2) is 4.41. The zero-order chi connectivity index (χ0) is 11.6. The van der Waals surface area contributed by atoms with E-state index < -0.39 is 21.7 Å². The van der Waals surface area contributed by atoms with Crippen LogP contribution in [0.25, 0.3) is 0 Å². The third kappa shape index (κ3) is 2.34. The highest BCUT2D eigenvalue weighted by molar-refractivity contribution is 6.37. The van der Waals surface area contributed by atoms with E-state index in [0.717, 1.165) is 13.2 Å². The van der Waals surface area contributed by atoms with Gasteiger partial charge in [0, 0.05) is 0 Å². The molecule has 0 aliphatic heterocycles. The van der Waals surface area contributed by atoms with Crippen LogP contribution in [0.5, 0.6) is 0 Å². The van der Waals surface area contributed by atoms with E-state index in [2.05, 4.69) is 9.72 Å². The van der Waals surface area contributed by atoms with E-state index in [1.54, 1.807) is 0 Å². The summed E-state index contributed by atoms with van der Waals surface area (Å²) in [5.41, 5.74) is -0.718. The SMILES string of the molecule is COC(=O)c1cc(Cl)c([N+](=O)[O-])c(Cl)n1. The maximum Gasteiger partial charge on any atom is 0.356 e. The van der Waals surface area contributed by atoms with Crippen LogP contribution in [0.3, 0.4) is 0 Å². The summed E-state index contributed by atoms with van der Waals surface area (Å²) >= 11 is 11.0. The molecule has 0 unspecified atom stereocenters. The Morgan fingerprint density at radius 2 is 2.20 bits per heavy atom. The number of carbonyl (C=O) groups is 1. The largest absolute Gasteiger partial charge is 0.464 e. The van der Waals surface area contributed by atoms with Gasteiger partial charge < -0.3 is 4.74 Å². The smallest absolute Gasteiger partial charge is 0.356 e. The standard InChI is InChI=1S/C7H4Cl2N2O4/c1-15-7(12)4-2-3(8)5(11(13)14)6(9)10-4/h2H,1H3. The zero-order valence-electron chi connectivity index (χ0n) is 7.36. The zero-order valence-corrected chi connectivity index (χ0v) is 8.87. The Hall–Kier alpha value is -1.40. The summed E-state index contributed by atoms with van der Waals surface area (Å²) in [6.45, 7) is 0. The van der Waals surface area contributed by atoms with Gasteiger partial charge in [-0.1, -0.05) is 23.2 Å². The van der Waals surface area contributed by atoms with Crippen molar-refractivity contribution in [2.75, 3.05) is 7.11 Å². The van der Waals surface area contributed by atoms with E-state index in [0.29, 0.717) is 0 Å². The van der Waals surface area contributed by atoms with Crippen molar-refractivity contribution in [2.45, 2.75) is 0 Å². The van der Waals surface area contributed by atoms with Gasteiger partial charge >= 0.3 is 11.7 Å². The van der Waals surface area contributed by atoms with Crippen LogP contribution < -0.4 is 0 Å². The highest BCUT2D eigenvalue weighted by atomic mass is 35.5.